The first kappa shape index (κ1) is 13.8. The molecular formula is C14H24N2O. The van der Waals surface area contributed by atoms with E-state index in [1.807, 2.05) is 18.2 Å². The maximum absolute atomic E-state index is 5.83. The van der Waals surface area contributed by atoms with Gasteiger partial charge in [0.1, 0.15) is 5.75 Å². The number of hydrogen-bond acceptors (Lipinski definition) is 3. The molecule has 2 N–H and O–H groups in total. The molecule has 3 heteroatoms. The highest BCUT2D eigenvalue weighted by atomic mass is 16.5. The fourth-order valence-corrected chi connectivity index (χ4v) is 1.89. The van der Waals surface area contributed by atoms with Gasteiger partial charge in [-0.2, -0.15) is 0 Å². The Morgan fingerprint density at radius 1 is 1.29 bits per heavy atom. The highest BCUT2D eigenvalue weighted by molar-refractivity contribution is 5.47. The fraction of sp³-hybridized carbons (Fsp3) is 0.571. The molecular weight excluding hydrogens is 212 g/mol. The van der Waals surface area contributed by atoms with Gasteiger partial charge in [0, 0.05) is 17.8 Å². The molecule has 3 nitrogen and oxygen atoms in total. The van der Waals surface area contributed by atoms with Crippen molar-refractivity contribution in [3.05, 3.63) is 23.8 Å². The third-order valence-electron chi connectivity index (χ3n) is 2.97. The molecule has 96 valence electrons. The van der Waals surface area contributed by atoms with E-state index in [4.69, 9.17) is 10.5 Å². The third-order valence-corrected chi connectivity index (χ3v) is 2.97. The molecule has 0 aromatic heterocycles. The monoisotopic (exact) mass is 236 g/mol. The molecule has 0 atom stereocenters. The molecule has 0 saturated heterocycles. The molecule has 0 fully saturated rings. The summed E-state index contributed by atoms with van der Waals surface area (Å²) < 4.78 is 5.37. The standard InChI is InChI=1S/C14H24N2O/c1-4-6-9-16(5-2)11-12-10-13(15)7-8-14(12)17-3/h7-8,10H,4-6,9,11,15H2,1-3H3. The number of nitrogens with two attached hydrogens (primary N) is 1. The second kappa shape index (κ2) is 7.17. The van der Waals surface area contributed by atoms with Gasteiger partial charge < -0.3 is 10.5 Å². The van der Waals surface area contributed by atoms with Gasteiger partial charge in [-0.1, -0.05) is 20.3 Å². The molecule has 1 rings (SSSR count). The summed E-state index contributed by atoms with van der Waals surface area (Å²) in [5.74, 6) is 0.925. The van der Waals surface area contributed by atoms with Gasteiger partial charge in [0.25, 0.3) is 0 Å². The number of unbranched alkanes of at least 4 members (excludes halogenated alkanes) is 1. The van der Waals surface area contributed by atoms with Gasteiger partial charge in [-0.15, -0.1) is 0 Å². The van der Waals surface area contributed by atoms with Gasteiger partial charge in [-0.05, 0) is 37.7 Å². The Bertz CT molecular complexity index is 339. The number of nitrogen functional groups attached to an aromatic ring is 1. The predicted molar refractivity (Wildman–Crippen MR) is 73.3 cm³/mol. The third kappa shape index (κ3) is 4.27. The molecule has 1 aromatic carbocycles. The lowest BCUT2D eigenvalue weighted by molar-refractivity contribution is 0.270. The first-order valence-corrected chi connectivity index (χ1v) is 6.36. The molecule has 0 aliphatic rings. The van der Waals surface area contributed by atoms with Crippen LogP contribution >= 0.6 is 0 Å². The van der Waals surface area contributed by atoms with Crippen molar-refractivity contribution in [1.29, 1.82) is 0 Å². The van der Waals surface area contributed by atoms with Crippen LogP contribution < -0.4 is 10.5 Å². The quantitative estimate of drug-likeness (QED) is 0.740. The van der Waals surface area contributed by atoms with Crippen LogP contribution in [0.4, 0.5) is 5.69 Å². The number of methoxy groups -OCH3 is 1. The Labute approximate surface area is 105 Å². The summed E-state index contributed by atoms with van der Waals surface area (Å²) in [4.78, 5) is 2.42. The van der Waals surface area contributed by atoms with Crippen LogP contribution in [-0.4, -0.2) is 25.1 Å². The van der Waals surface area contributed by atoms with E-state index >= 15 is 0 Å². The van der Waals surface area contributed by atoms with E-state index in [9.17, 15) is 0 Å². The van der Waals surface area contributed by atoms with Gasteiger partial charge in [0.2, 0.25) is 0 Å². The lowest BCUT2D eigenvalue weighted by Crippen LogP contribution is -2.24. The molecule has 0 bridgehead atoms. The zero-order valence-electron chi connectivity index (χ0n) is 11.2. The van der Waals surface area contributed by atoms with Crippen molar-refractivity contribution in [1.82, 2.24) is 4.90 Å². The van der Waals surface area contributed by atoms with E-state index in [0.717, 1.165) is 31.1 Å². The molecule has 0 unspecified atom stereocenters. The van der Waals surface area contributed by atoms with Crippen molar-refractivity contribution in [3.63, 3.8) is 0 Å². The van der Waals surface area contributed by atoms with E-state index in [2.05, 4.69) is 18.7 Å². The molecule has 17 heavy (non-hydrogen) atoms. The summed E-state index contributed by atoms with van der Waals surface area (Å²) in [5.41, 5.74) is 7.80. The minimum Gasteiger partial charge on any atom is -0.496 e. The normalized spacial score (nSPS) is 10.8. The van der Waals surface area contributed by atoms with E-state index in [0.29, 0.717) is 0 Å². The molecule has 0 radical (unpaired) electrons. The Morgan fingerprint density at radius 3 is 2.65 bits per heavy atom. The average molecular weight is 236 g/mol. The lowest BCUT2D eigenvalue weighted by atomic mass is 10.1. The minimum absolute atomic E-state index is 0.798. The molecule has 0 aliphatic heterocycles. The smallest absolute Gasteiger partial charge is 0.123 e. The molecule has 0 heterocycles. The van der Waals surface area contributed by atoms with Crippen LogP contribution in [-0.2, 0) is 6.54 Å². The zero-order valence-corrected chi connectivity index (χ0v) is 11.2. The first-order valence-electron chi connectivity index (χ1n) is 6.36. The summed E-state index contributed by atoms with van der Waals surface area (Å²) in [5, 5.41) is 0. The number of anilines is 1. The highest BCUT2D eigenvalue weighted by Crippen LogP contribution is 2.22. The molecule has 0 aliphatic carbocycles. The number of rotatable bonds is 7. The van der Waals surface area contributed by atoms with Crippen LogP contribution in [0.25, 0.3) is 0 Å². The Hall–Kier alpha value is -1.22. The molecule has 1 aromatic rings. The van der Waals surface area contributed by atoms with Crippen LogP contribution in [0.15, 0.2) is 18.2 Å². The number of benzene rings is 1. The number of nitrogens with zero attached hydrogens (tertiary/aromatic N) is 1. The Morgan fingerprint density at radius 2 is 2.06 bits per heavy atom. The van der Waals surface area contributed by atoms with E-state index in [-0.39, 0.29) is 0 Å². The highest BCUT2D eigenvalue weighted by Gasteiger charge is 2.08. The predicted octanol–water partition coefficient (Wildman–Crippen LogP) is 2.90. The lowest BCUT2D eigenvalue weighted by Gasteiger charge is -2.21. The van der Waals surface area contributed by atoms with Crippen molar-refractivity contribution in [3.8, 4) is 5.75 Å². The zero-order chi connectivity index (χ0) is 12.7. The molecule has 0 amide bonds. The maximum Gasteiger partial charge on any atom is 0.123 e. The van der Waals surface area contributed by atoms with Gasteiger partial charge in [-0.25, -0.2) is 0 Å². The summed E-state index contributed by atoms with van der Waals surface area (Å²) in [6.07, 6.45) is 2.46. The average Bonchev–Trinajstić information content (AvgIpc) is 2.34. The largest absolute Gasteiger partial charge is 0.496 e. The summed E-state index contributed by atoms with van der Waals surface area (Å²) in [6.45, 7) is 7.50. The van der Waals surface area contributed by atoms with Crippen LogP contribution in [0.3, 0.4) is 0 Å². The molecule has 0 spiro atoms. The van der Waals surface area contributed by atoms with Crippen molar-refractivity contribution < 1.29 is 4.74 Å². The topological polar surface area (TPSA) is 38.5 Å². The fourth-order valence-electron chi connectivity index (χ4n) is 1.89. The van der Waals surface area contributed by atoms with E-state index in [1.54, 1.807) is 7.11 Å². The maximum atomic E-state index is 5.83. The Kier molecular flexibility index (Phi) is 5.84. The first-order chi connectivity index (χ1) is 8.21. The SMILES string of the molecule is CCCCN(CC)Cc1cc(N)ccc1OC. The van der Waals surface area contributed by atoms with Crippen LogP contribution in [0.5, 0.6) is 5.75 Å². The number of hydrogen-bond donors (Lipinski definition) is 1. The Balaban J connectivity index is 2.73. The second-order valence-electron chi connectivity index (χ2n) is 4.29. The minimum atomic E-state index is 0.798. The van der Waals surface area contributed by atoms with Crippen LogP contribution in [0.2, 0.25) is 0 Å². The van der Waals surface area contributed by atoms with Gasteiger partial charge in [-0.3, -0.25) is 4.90 Å². The van der Waals surface area contributed by atoms with Crippen molar-refractivity contribution >= 4 is 5.69 Å². The van der Waals surface area contributed by atoms with Crippen LogP contribution in [0, 0.1) is 0 Å². The second-order valence-corrected chi connectivity index (χ2v) is 4.29. The van der Waals surface area contributed by atoms with Gasteiger partial charge >= 0.3 is 0 Å². The van der Waals surface area contributed by atoms with E-state index < -0.39 is 0 Å². The van der Waals surface area contributed by atoms with Gasteiger partial charge in [0.05, 0.1) is 7.11 Å². The van der Waals surface area contributed by atoms with Gasteiger partial charge in [0.15, 0.2) is 0 Å². The van der Waals surface area contributed by atoms with Crippen molar-refractivity contribution in [2.75, 3.05) is 25.9 Å². The summed E-state index contributed by atoms with van der Waals surface area (Å²) in [6, 6.07) is 5.83. The summed E-state index contributed by atoms with van der Waals surface area (Å²) in [7, 11) is 1.71. The van der Waals surface area contributed by atoms with Crippen LogP contribution in [0.1, 0.15) is 32.3 Å². The number of ether oxygens (including phenoxy) is 1. The van der Waals surface area contributed by atoms with Crippen molar-refractivity contribution in [2.45, 2.75) is 33.2 Å². The van der Waals surface area contributed by atoms with E-state index in [1.165, 1.54) is 18.4 Å². The summed E-state index contributed by atoms with van der Waals surface area (Å²) >= 11 is 0. The van der Waals surface area contributed by atoms with Crippen molar-refractivity contribution in [2.24, 2.45) is 0 Å². The molecule has 0 saturated carbocycles.